The Hall–Kier alpha value is -6.02. The van der Waals surface area contributed by atoms with Gasteiger partial charge in [-0.1, -0.05) is 53.8 Å². The first-order valence-corrected chi connectivity index (χ1v) is 19.7. The Bertz CT molecular complexity index is 2310. The van der Waals surface area contributed by atoms with E-state index in [-0.39, 0.29) is 29.7 Å². The molecule has 57 heavy (non-hydrogen) atoms. The quantitative estimate of drug-likeness (QED) is 0.0888. The fourth-order valence-corrected chi connectivity index (χ4v) is 7.49. The Morgan fingerprint density at radius 2 is 1.30 bits per heavy atom. The average Bonchev–Trinajstić information content (AvgIpc) is 3.75. The average molecular weight is 787 g/mol. The zero-order valence-corrected chi connectivity index (χ0v) is 32.4. The molecule has 0 atom stereocenters. The number of thiazole rings is 1. The molecule has 0 spiro atoms. The molecular weight excluding hydrogens is 743 g/mol. The fourth-order valence-electron chi connectivity index (χ4n) is 6.62. The summed E-state index contributed by atoms with van der Waals surface area (Å²) in [7, 11) is 0. The van der Waals surface area contributed by atoms with Crippen LogP contribution in [0.25, 0.3) is 22.3 Å². The normalized spacial score (nSPS) is 14.1. The second kappa shape index (κ2) is 18.3. The summed E-state index contributed by atoms with van der Waals surface area (Å²) in [5, 5.41) is 10.5. The van der Waals surface area contributed by atoms with Gasteiger partial charge >= 0.3 is 0 Å². The van der Waals surface area contributed by atoms with Crippen LogP contribution in [0.3, 0.4) is 0 Å². The van der Waals surface area contributed by atoms with Gasteiger partial charge in [-0.15, -0.1) is 0 Å². The van der Waals surface area contributed by atoms with E-state index in [0.29, 0.717) is 16.1 Å². The Labute approximate surface area is 334 Å². The molecule has 0 unspecified atom stereocenters. The highest BCUT2D eigenvalue weighted by Crippen LogP contribution is 2.29. The van der Waals surface area contributed by atoms with Crippen molar-refractivity contribution in [3.8, 4) is 22.3 Å². The summed E-state index contributed by atoms with van der Waals surface area (Å²) in [4.78, 5) is 39.4. The van der Waals surface area contributed by atoms with Crippen LogP contribution in [0.15, 0.2) is 109 Å². The van der Waals surface area contributed by atoms with Gasteiger partial charge in [-0.25, -0.2) is 18.7 Å². The van der Waals surface area contributed by atoms with Crippen LogP contribution in [0.1, 0.15) is 31.2 Å². The molecule has 2 aliphatic rings. The largest absolute Gasteiger partial charge is 0.398 e. The Balaban J connectivity index is 0.000000174. The van der Waals surface area contributed by atoms with Crippen molar-refractivity contribution >= 4 is 45.4 Å². The minimum Gasteiger partial charge on any atom is -0.398 e. The van der Waals surface area contributed by atoms with Gasteiger partial charge in [0.25, 0.3) is 5.91 Å². The molecule has 8 rings (SSSR count). The monoisotopic (exact) mass is 786 g/mol. The van der Waals surface area contributed by atoms with Crippen LogP contribution in [0.2, 0.25) is 0 Å². The molecule has 2 saturated heterocycles. The van der Waals surface area contributed by atoms with Crippen LogP contribution in [-0.2, 0) is 6.42 Å². The van der Waals surface area contributed by atoms with E-state index in [9.17, 15) is 18.4 Å². The van der Waals surface area contributed by atoms with Gasteiger partial charge in [0, 0.05) is 81.9 Å². The van der Waals surface area contributed by atoms with Gasteiger partial charge in [0.15, 0.2) is 10.9 Å². The van der Waals surface area contributed by atoms with Crippen LogP contribution in [0.5, 0.6) is 0 Å². The minimum absolute atomic E-state index is 0.0349. The number of carbonyl (C=O) groups excluding carboxylic acids is 2. The molecule has 1 amide bonds. The Kier molecular flexibility index (Phi) is 12.6. The van der Waals surface area contributed by atoms with Crippen molar-refractivity contribution in [3.63, 3.8) is 0 Å². The highest BCUT2D eigenvalue weighted by Gasteiger charge is 2.18. The highest BCUT2D eigenvalue weighted by molar-refractivity contribution is 7.17. The lowest BCUT2D eigenvalue weighted by Crippen LogP contribution is -2.43. The maximum absolute atomic E-state index is 13.2. The van der Waals surface area contributed by atoms with Crippen molar-refractivity contribution in [2.24, 2.45) is 0 Å². The van der Waals surface area contributed by atoms with Gasteiger partial charge in [-0.2, -0.15) is 0 Å². The highest BCUT2D eigenvalue weighted by atomic mass is 32.1. The lowest BCUT2D eigenvalue weighted by molar-refractivity contribution is 0.0991. The van der Waals surface area contributed by atoms with Gasteiger partial charge in [0.05, 0.1) is 6.20 Å². The number of halogens is 2. The third-order valence-corrected chi connectivity index (χ3v) is 11.0. The van der Waals surface area contributed by atoms with Gasteiger partial charge in [-0.05, 0) is 94.9 Å². The number of benzene rings is 4. The maximum atomic E-state index is 13.2. The number of hydrogen-bond acceptors (Lipinski definition) is 10. The number of rotatable bonds is 9. The third-order valence-electron chi connectivity index (χ3n) is 9.95. The van der Waals surface area contributed by atoms with Crippen molar-refractivity contribution in [3.05, 3.63) is 143 Å². The standard InChI is InChI=1S/C23H23FN4O.C21H21FN4OS/c24-20-5-1-16(2-6-20)17-3-7-21(25)19(13-17)14-22(29)18-4-8-23(27-15-18)28-11-9-26-10-12-28;1-14-2-3-16(15-4-6-17(22)7-5-15)12-18(14)25-20(27)19-13-24-21(28-19)26-10-8-23-9-11-26/h1-8,13,15,26H,9-12,14,25H2;2-7,12-13,23H,8-11H2,1H3,(H,25,27). The van der Waals surface area contributed by atoms with Crippen LogP contribution >= 0.6 is 11.3 Å². The molecule has 2 fully saturated rings. The molecule has 4 heterocycles. The molecule has 6 aromatic rings. The van der Waals surface area contributed by atoms with E-state index in [0.717, 1.165) is 102 Å². The molecular formula is C44H44F2N8O2S. The zero-order valence-electron chi connectivity index (χ0n) is 31.6. The van der Waals surface area contributed by atoms with E-state index in [4.69, 9.17) is 5.73 Å². The lowest BCUT2D eigenvalue weighted by atomic mass is 9.97. The van der Waals surface area contributed by atoms with Crippen LogP contribution in [-0.4, -0.2) is 74.0 Å². The molecule has 0 radical (unpaired) electrons. The number of pyridine rings is 1. The number of Topliss-reactive ketones (excluding diaryl/α,β-unsaturated/α-hetero) is 1. The number of piperazine rings is 2. The molecule has 0 bridgehead atoms. The number of nitrogen functional groups attached to an aromatic ring is 1. The number of amides is 1. The first-order valence-electron chi connectivity index (χ1n) is 18.9. The summed E-state index contributed by atoms with van der Waals surface area (Å²) < 4.78 is 26.3. The summed E-state index contributed by atoms with van der Waals surface area (Å²) >= 11 is 1.41. The zero-order chi connectivity index (χ0) is 39.7. The number of ketones is 1. The number of carbonyl (C=O) groups is 2. The van der Waals surface area contributed by atoms with Crippen LogP contribution in [0.4, 0.5) is 31.1 Å². The van der Waals surface area contributed by atoms with E-state index in [1.807, 2.05) is 49.4 Å². The second-order valence-electron chi connectivity index (χ2n) is 13.9. The van der Waals surface area contributed by atoms with E-state index >= 15 is 0 Å². The summed E-state index contributed by atoms with van der Waals surface area (Å²) in [5.74, 6) is 0.137. The van der Waals surface area contributed by atoms with Gasteiger partial charge in [0.1, 0.15) is 22.3 Å². The number of aryl methyl sites for hydroxylation is 1. The number of aromatic nitrogens is 2. The number of nitrogens with one attached hydrogen (secondary N) is 3. The van der Waals surface area contributed by atoms with E-state index in [2.05, 4.69) is 35.7 Å². The maximum Gasteiger partial charge on any atom is 0.267 e. The SMILES string of the molecule is Cc1ccc(-c2ccc(F)cc2)cc1NC(=O)c1cnc(N2CCNCC2)s1.Nc1ccc(-c2ccc(F)cc2)cc1CC(=O)c1ccc(N2CCNCC2)nc1. The summed E-state index contributed by atoms with van der Waals surface area (Å²) in [6, 6.07) is 27.7. The molecule has 10 nitrogen and oxygen atoms in total. The van der Waals surface area contributed by atoms with Gasteiger partial charge in [0.2, 0.25) is 0 Å². The second-order valence-corrected chi connectivity index (χ2v) is 14.9. The van der Waals surface area contributed by atoms with Crippen molar-refractivity contribution in [1.29, 1.82) is 0 Å². The molecule has 2 aliphatic heterocycles. The molecule has 0 saturated carbocycles. The van der Waals surface area contributed by atoms with Crippen molar-refractivity contribution in [1.82, 2.24) is 20.6 Å². The third kappa shape index (κ3) is 10.1. The Morgan fingerprint density at radius 3 is 1.91 bits per heavy atom. The lowest BCUT2D eigenvalue weighted by Gasteiger charge is -2.28. The molecule has 0 aliphatic carbocycles. The number of nitrogens with two attached hydrogens (primary N) is 1. The van der Waals surface area contributed by atoms with Crippen molar-refractivity contribution < 1.29 is 18.4 Å². The molecule has 5 N–H and O–H groups in total. The fraction of sp³-hybridized carbons (Fsp3) is 0.227. The van der Waals surface area contributed by atoms with Gasteiger partial charge < -0.3 is 31.5 Å². The Morgan fingerprint density at radius 1 is 0.719 bits per heavy atom. The summed E-state index contributed by atoms with van der Waals surface area (Å²) in [6.07, 6.45) is 3.46. The summed E-state index contributed by atoms with van der Waals surface area (Å²) in [6.45, 7) is 9.29. The van der Waals surface area contributed by atoms with Crippen LogP contribution in [0, 0.1) is 18.6 Å². The molecule has 13 heteroatoms. The first kappa shape index (κ1) is 39.2. The minimum atomic E-state index is -0.281. The predicted octanol–water partition coefficient (Wildman–Crippen LogP) is 7.22. The number of nitrogens with zero attached hydrogens (tertiary/aromatic N) is 4. The number of hydrogen-bond donors (Lipinski definition) is 4. The van der Waals surface area contributed by atoms with Crippen LogP contribution < -0.4 is 31.5 Å². The topological polar surface area (TPSA) is 129 Å². The molecule has 292 valence electrons. The van der Waals surface area contributed by atoms with Crippen molar-refractivity contribution in [2.75, 3.05) is 73.2 Å². The molecule has 2 aromatic heterocycles. The van der Waals surface area contributed by atoms with E-state index in [1.54, 1.807) is 42.7 Å². The van der Waals surface area contributed by atoms with E-state index < -0.39 is 0 Å². The smallest absolute Gasteiger partial charge is 0.267 e. The molecule has 4 aromatic carbocycles. The van der Waals surface area contributed by atoms with E-state index in [1.165, 1.54) is 35.6 Å². The summed E-state index contributed by atoms with van der Waals surface area (Å²) in [5.41, 5.74) is 13.3. The first-order chi connectivity index (χ1) is 27.7. The predicted molar refractivity (Wildman–Crippen MR) is 225 cm³/mol. The number of anilines is 4. The van der Waals surface area contributed by atoms with Crippen molar-refractivity contribution in [2.45, 2.75) is 13.3 Å². The van der Waals surface area contributed by atoms with Gasteiger partial charge in [-0.3, -0.25) is 9.59 Å².